The Labute approximate surface area is 242 Å². The van der Waals surface area contributed by atoms with Gasteiger partial charge in [0.15, 0.2) is 5.82 Å². The molecule has 4 fully saturated rings. The number of benzene rings is 2. The van der Waals surface area contributed by atoms with Gasteiger partial charge in [-0.25, -0.2) is 4.39 Å². The van der Waals surface area contributed by atoms with Crippen molar-refractivity contribution in [3.05, 3.63) is 53.4 Å². The predicted octanol–water partition coefficient (Wildman–Crippen LogP) is 4.56. The summed E-state index contributed by atoms with van der Waals surface area (Å²) in [6.45, 7) is 3.89. The van der Waals surface area contributed by atoms with Crippen LogP contribution in [-0.4, -0.2) is 81.5 Å². The summed E-state index contributed by atoms with van der Waals surface area (Å²) in [5.74, 6) is 0.0692. The number of aromatic nitrogens is 3. The highest BCUT2D eigenvalue weighted by Gasteiger charge is 2.45. The molecule has 0 saturated carbocycles. The van der Waals surface area contributed by atoms with Crippen LogP contribution in [0.4, 0.5) is 10.2 Å². The number of piperazine rings is 1. The minimum absolute atomic E-state index is 0.0123. The van der Waals surface area contributed by atoms with Crippen molar-refractivity contribution in [2.75, 3.05) is 37.7 Å². The first-order valence-electron chi connectivity index (χ1n) is 14.6. The van der Waals surface area contributed by atoms with E-state index in [1.165, 1.54) is 0 Å². The number of hydrogen-bond acceptors (Lipinski definition) is 8. The van der Waals surface area contributed by atoms with Gasteiger partial charge in [-0.3, -0.25) is 9.88 Å². The van der Waals surface area contributed by atoms with Crippen LogP contribution in [0, 0.1) is 5.82 Å². The molecule has 0 spiro atoms. The molecule has 0 unspecified atom stereocenters. The zero-order valence-electron chi connectivity index (χ0n) is 22.7. The molecule has 0 radical (unpaired) electrons. The average molecular weight is 575 g/mol. The molecule has 10 heteroatoms. The molecule has 0 amide bonds. The molecule has 8 nitrogen and oxygen atoms in total. The summed E-state index contributed by atoms with van der Waals surface area (Å²) in [6.07, 6.45) is 6.45. The van der Waals surface area contributed by atoms with E-state index in [9.17, 15) is 5.11 Å². The van der Waals surface area contributed by atoms with Gasteiger partial charge in [-0.05, 0) is 56.6 Å². The average Bonchev–Trinajstić information content (AvgIpc) is 3.63. The highest BCUT2D eigenvalue weighted by Crippen LogP contribution is 2.41. The highest BCUT2D eigenvalue weighted by molar-refractivity contribution is 6.36. The monoisotopic (exact) mass is 574 g/mol. The maximum absolute atomic E-state index is 16.6. The predicted molar refractivity (Wildman–Crippen MR) is 157 cm³/mol. The van der Waals surface area contributed by atoms with Crippen LogP contribution in [0.2, 0.25) is 5.02 Å². The molecule has 4 aliphatic heterocycles. The smallest absolute Gasteiger partial charge is 0.319 e. The number of rotatable bonds is 5. The zero-order valence-corrected chi connectivity index (χ0v) is 23.4. The zero-order chi connectivity index (χ0) is 27.7. The third kappa shape index (κ3) is 4.16. The van der Waals surface area contributed by atoms with Gasteiger partial charge in [0.25, 0.3) is 0 Å². The van der Waals surface area contributed by atoms with E-state index in [0.29, 0.717) is 47.9 Å². The van der Waals surface area contributed by atoms with Crippen molar-refractivity contribution in [1.29, 1.82) is 0 Å². The molecule has 3 atom stereocenters. The van der Waals surface area contributed by atoms with E-state index in [4.69, 9.17) is 21.3 Å². The van der Waals surface area contributed by atoms with E-state index < -0.39 is 11.9 Å². The van der Waals surface area contributed by atoms with E-state index in [1.54, 1.807) is 12.3 Å². The van der Waals surface area contributed by atoms with Crippen molar-refractivity contribution in [3.63, 3.8) is 0 Å². The molecule has 2 aromatic carbocycles. The van der Waals surface area contributed by atoms with Gasteiger partial charge < -0.3 is 20.1 Å². The summed E-state index contributed by atoms with van der Waals surface area (Å²) in [5, 5.41) is 16.7. The fourth-order valence-electron chi connectivity index (χ4n) is 7.66. The minimum atomic E-state index is -0.525. The Balaban J connectivity index is 1.25. The lowest BCUT2D eigenvalue weighted by molar-refractivity contribution is 0.108. The number of anilines is 1. The van der Waals surface area contributed by atoms with Crippen LogP contribution in [0.1, 0.15) is 32.1 Å². The lowest BCUT2D eigenvalue weighted by Crippen LogP contribution is -2.53. The maximum Gasteiger partial charge on any atom is 0.319 e. The maximum atomic E-state index is 16.6. The number of aliphatic hydroxyl groups excluding tert-OH is 1. The molecule has 4 aliphatic rings. The van der Waals surface area contributed by atoms with Crippen LogP contribution in [0.15, 0.2) is 42.6 Å². The molecule has 2 bridgehead atoms. The van der Waals surface area contributed by atoms with Crippen LogP contribution >= 0.6 is 11.6 Å². The van der Waals surface area contributed by atoms with E-state index in [0.717, 1.165) is 49.5 Å². The van der Waals surface area contributed by atoms with Gasteiger partial charge in [0.2, 0.25) is 0 Å². The first-order valence-corrected chi connectivity index (χ1v) is 15.0. The number of nitrogens with one attached hydrogen (secondary N) is 1. The van der Waals surface area contributed by atoms with Gasteiger partial charge in [-0.2, -0.15) is 9.97 Å². The first-order chi connectivity index (χ1) is 20.0. The number of ether oxygens (including phenoxy) is 1. The second-order valence-corrected chi connectivity index (χ2v) is 12.4. The molecule has 4 aromatic rings. The molecule has 2 aromatic heterocycles. The van der Waals surface area contributed by atoms with Crippen LogP contribution in [0.3, 0.4) is 0 Å². The van der Waals surface area contributed by atoms with Crippen LogP contribution < -0.4 is 15.0 Å². The Hall–Kier alpha value is -3.11. The van der Waals surface area contributed by atoms with Gasteiger partial charge in [0.1, 0.15) is 23.6 Å². The highest BCUT2D eigenvalue weighted by atomic mass is 35.5. The summed E-state index contributed by atoms with van der Waals surface area (Å²) in [7, 11) is 0. The number of halogens is 2. The molecule has 6 heterocycles. The van der Waals surface area contributed by atoms with Crippen molar-refractivity contribution in [1.82, 2.24) is 25.2 Å². The molecular weight excluding hydrogens is 543 g/mol. The van der Waals surface area contributed by atoms with E-state index >= 15 is 4.39 Å². The number of pyridine rings is 1. The largest absolute Gasteiger partial charge is 0.461 e. The van der Waals surface area contributed by atoms with Crippen LogP contribution in [-0.2, 0) is 0 Å². The van der Waals surface area contributed by atoms with E-state index in [2.05, 4.69) is 25.1 Å². The van der Waals surface area contributed by atoms with E-state index in [1.807, 2.05) is 30.3 Å². The Bertz CT molecular complexity index is 1650. The lowest BCUT2D eigenvalue weighted by atomic mass is 9.95. The first kappa shape index (κ1) is 25.6. The van der Waals surface area contributed by atoms with Crippen molar-refractivity contribution in [3.8, 4) is 17.3 Å². The molecular formula is C31H32ClFN6O2. The Morgan fingerprint density at radius 2 is 1.90 bits per heavy atom. The Morgan fingerprint density at radius 3 is 2.71 bits per heavy atom. The topological polar surface area (TPSA) is 86.6 Å². The second-order valence-electron chi connectivity index (χ2n) is 12.0. The van der Waals surface area contributed by atoms with Gasteiger partial charge >= 0.3 is 6.01 Å². The molecule has 2 N–H and O–H groups in total. The number of fused-ring (bicyclic) bond motifs is 5. The summed E-state index contributed by atoms with van der Waals surface area (Å²) in [5.41, 5.74) is 1.000. The Kier molecular flexibility index (Phi) is 6.07. The number of hydrogen-bond donors (Lipinski definition) is 2. The number of aliphatic hydroxyl groups is 1. The fourth-order valence-corrected chi connectivity index (χ4v) is 7.94. The van der Waals surface area contributed by atoms with Gasteiger partial charge in [-0.1, -0.05) is 41.9 Å². The second kappa shape index (κ2) is 9.73. The van der Waals surface area contributed by atoms with Crippen LogP contribution in [0.25, 0.3) is 32.9 Å². The quantitative estimate of drug-likeness (QED) is 0.359. The fraction of sp³-hybridized carbons (Fsp3) is 0.452. The summed E-state index contributed by atoms with van der Waals surface area (Å²) in [6, 6.07) is 11.6. The summed E-state index contributed by atoms with van der Waals surface area (Å²) >= 11 is 6.59. The van der Waals surface area contributed by atoms with Crippen molar-refractivity contribution in [2.45, 2.75) is 55.8 Å². The Morgan fingerprint density at radius 1 is 1.10 bits per heavy atom. The van der Waals surface area contributed by atoms with Crippen molar-refractivity contribution < 1.29 is 14.2 Å². The van der Waals surface area contributed by atoms with Gasteiger partial charge in [0, 0.05) is 41.3 Å². The van der Waals surface area contributed by atoms with Gasteiger partial charge in [0.05, 0.1) is 23.1 Å². The molecule has 4 saturated heterocycles. The third-order valence-corrected chi connectivity index (χ3v) is 9.95. The van der Waals surface area contributed by atoms with Gasteiger partial charge in [-0.15, -0.1) is 0 Å². The third-order valence-electron chi connectivity index (χ3n) is 9.63. The van der Waals surface area contributed by atoms with Crippen molar-refractivity contribution >= 4 is 39.1 Å². The SMILES string of the molecule is O[C@@H]1C[C@@H]2CN(c3nc(OCC45CCCN4CCC5)nc4c(F)c(-c5cccc6cccc(Cl)c56)ncc34)C[C@H]1N2. The summed E-state index contributed by atoms with van der Waals surface area (Å²) in [4.78, 5) is 18.8. The van der Waals surface area contributed by atoms with Crippen molar-refractivity contribution in [2.24, 2.45) is 0 Å². The normalized spacial score (nSPS) is 25.3. The number of nitrogens with zero attached hydrogens (tertiary/aromatic N) is 5. The molecule has 212 valence electrons. The molecule has 8 rings (SSSR count). The van der Waals surface area contributed by atoms with Crippen LogP contribution in [0.5, 0.6) is 6.01 Å². The molecule has 41 heavy (non-hydrogen) atoms. The standard InChI is InChI=1S/C31H32ClFN6O2/c32-22-8-2-6-18-5-1-7-20(25(18)22)27-26(33)28-21(14-34-27)29(38-15-19-13-24(40)23(16-38)35-19)37-30(36-28)41-17-31-9-3-11-39(31)12-4-10-31/h1-2,5-8,14,19,23-24,35,40H,3-4,9-13,15-17H2/t19-,23-,24-/m1/s1. The summed E-state index contributed by atoms with van der Waals surface area (Å²) < 4.78 is 22.9. The lowest BCUT2D eigenvalue weighted by Gasteiger charge is -2.35. The molecule has 0 aliphatic carbocycles. The minimum Gasteiger partial charge on any atom is -0.461 e. The van der Waals surface area contributed by atoms with E-state index in [-0.39, 0.29) is 34.8 Å².